The zero-order valence-corrected chi connectivity index (χ0v) is 15.9. The van der Waals surface area contributed by atoms with Crippen LogP contribution in [0.2, 0.25) is 0 Å². The lowest BCUT2D eigenvalue weighted by Gasteiger charge is -2.24. The summed E-state index contributed by atoms with van der Waals surface area (Å²) < 4.78 is 13.9. The van der Waals surface area contributed by atoms with E-state index in [4.69, 9.17) is 0 Å². The second-order valence-corrected chi connectivity index (χ2v) is 7.20. The molecular weight excluding hydrogens is 365 g/mol. The molecule has 3 rings (SSSR count). The summed E-state index contributed by atoms with van der Waals surface area (Å²) in [5, 5.41) is 11.4. The van der Waals surface area contributed by atoms with Gasteiger partial charge in [-0.2, -0.15) is 0 Å². The normalized spacial score (nSPS) is 12.0. The van der Waals surface area contributed by atoms with Crippen molar-refractivity contribution in [3.63, 3.8) is 0 Å². The van der Waals surface area contributed by atoms with Crippen molar-refractivity contribution < 1.29 is 14.3 Å². The van der Waals surface area contributed by atoms with Crippen molar-refractivity contribution in [3.8, 4) is 16.5 Å². The summed E-state index contributed by atoms with van der Waals surface area (Å²) in [4.78, 5) is 22.6. The van der Waals surface area contributed by atoms with E-state index in [0.717, 1.165) is 18.4 Å². The van der Waals surface area contributed by atoms with E-state index in [1.807, 2.05) is 19.1 Å². The Labute approximate surface area is 161 Å². The third-order valence-electron chi connectivity index (χ3n) is 4.45. The Morgan fingerprint density at radius 3 is 2.74 bits per heavy atom. The fourth-order valence-corrected chi connectivity index (χ4v) is 3.43. The van der Waals surface area contributed by atoms with E-state index >= 15 is 0 Å². The summed E-state index contributed by atoms with van der Waals surface area (Å²) in [5.74, 6) is -0.420. The van der Waals surface area contributed by atoms with Gasteiger partial charge in [-0.1, -0.05) is 12.1 Å². The number of aryl methyl sites for hydroxylation is 1. The lowest BCUT2D eigenvalue weighted by Crippen LogP contribution is -2.35. The number of phenols is 1. The molecule has 1 amide bonds. The van der Waals surface area contributed by atoms with E-state index in [2.05, 4.69) is 9.97 Å². The highest BCUT2D eigenvalue weighted by Gasteiger charge is 2.21. The van der Waals surface area contributed by atoms with Gasteiger partial charge in [-0.15, -0.1) is 11.3 Å². The molecule has 0 bridgehead atoms. The highest BCUT2D eigenvalue weighted by molar-refractivity contribution is 7.13. The van der Waals surface area contributed by atoms with Gasteiger partial charge in [-0.3, -0.25) is 9.78 Å². The highest BCUT2D eigenvalue weighted by atomic mass is 32.1. The number of aromatic hydroxyl groups is 1. The monoisotopic (exact) mass is 385 g/mol. The molecule has 1 unspecified atom stereocenters. The van der Waals surface area contributed by atoms with Crippen LogP contribution >= 0.6 is 11.3 Å². The molecule has 7 heteroatoms. The molecule has 0 aliphatic carbocycles. The first-order valence-electron chi connectivity index (χ1n) is 8.57. The van der Waals surface area contributed by atoms with Gasteiger partial charge in [0.15, 0.2) is 5.82 Å². The summed E-state index contributed by atoms with van der Waals surface area (Å²) in [7, 11) is 1.74. The minimum Gasteiger partial charge on any atom is -0.508 e. The van der Waals surface area contributed by atoms with Crippen molar-refractivity contribution in [1.29, 1.82) is 0 Å². The number of amides is 1. The van der Waals surface area contributed by atoms with Crippen molar-refractivity contribution in [2.24, 2.45) is 0 Å². The highest BCUT2D eigenvalue weighted by Crippen LogP contribution is 2.25. The number of nitrogens with zero attached hydrogens (tertiary/aromatic N) is 3. The average Bonchev–Trinajstić information content (AvgIpc) is 3.16. The second kappa shape index (κ2) is 8.26. The lowest BCUT2D eigenvalue weighted by atomic mass is 10.1. The number of halogens is 1. The van der Waals surface area contributed by atoms with E-state index in [0.29, 0.717) is 10.7 Å². The molecule has 0 aliphatic heterocycles. The molecule has 0 spiro atoms. The first-order valence-corrected chi connectivity index (χ1v) is 9.45. The number of benzene rings is 1. The molecule has 27 heavy (non-hydrogen) atoms. The van der Waals surface area contributed by atoms with Gasteiger partial charge < -0.3 is 10.0 Å². The Hall–Kier alpha value is -2.80. The molecule has 2 aromatic heterocycles. The van der Waals surface area contributed by atoms with Crippen LogP contribution in [0, 0.1) is 5.82 Å². The fraction of sp³-hybridized carbons (Fsp3) is 0.250. The van der Waals surface area contributed by atoms with E-state index in [9.17, 15) is 14.3 Å². The van der Waals surface area contributed by atoms with Gasteiger partial charge in [0.2, 0.25) is 0 Å². The third kappa shape index (κ3) is 4.49. The zero-order valence-electron chi connectivity index (χ0n) is 15.1. The molecule has 0 aliphatic rings. The minimum atomic E-state index is -0.457. The molecular formula is C20H20FN3O2S. The second-order valence-electron chi connectivity index (χ2n) is 6.34. The van der Waals surface area contributed by atoms with Crippen molar-refractivity contribution in [1.82, 2.24) is 14.9 Å². The van der Waals surface area contributed by atoms with Crippen LogP contribution in [-0.2, 0) is 6.42 Å². The Kier molecular flexibility index (Phi) is 5.81. The molecule has 140 valence electrons. The number of carbonyl (C=O) groups excluding carboxylic acids is 1. The molecule has 0 saturated heterocycles. The molecule has 2 heterocycles. The van der Waals surface area contributed by atoms with Gasteiger partial charge in [0, 0.05) is 24.7 Å². The van der Waals surface area contributed by atoms with Gasteiger partial charge in [-0.25, -0.2) is 9.37 Å². The number of hydrogen-bond donors (Lipinski definition) is 1. The van der Waals surface area contributed by atoms with Gasteiger partial charge in [0.25, 0.3) is 5.91 Å². The van der Waals surface area contributed by atoms with Gasteiger partial charge in [0.1, 0.15) is 22.1 Å². The topological polar surface area (TPSA) is 66.3 Å². The van der Waals surface area contributed by atoms with Crippen LogP contribution in [0.1, 0.15) is 29.4 Å². The fourth-order valence-electron chi connectivity index (χ4n) is 2.64. The molecule has 1 N–H and O–H groups in total. The van der Waals surface area contributed by atoms with Crippen LogP contribution in [0.4, 0.5) is 4.39 Å². The Morgan fingerprint density at radius 2 is 2.04 bits per heavy atom. The molecule has 1 aromatic carbocycles. The SMILES string of the molecule is CC(CCc1ccc(O)cc1)N(C)C(=O)c1csc(-c2ncccc2F)n1. The van der Waals surface area contributed by atoms with E-state index in [1.54, 1.807) is 29.5 Å². The summed E-state index contributed by atoms with van der Waals surface area (Å²) in [6.07, 6.45) is 3.07. The van der Waals surface area contributed by atoms with Crippen molar-refractivity contribution in [2.45, 2.75) is 25.8 Å². The summed E-state index contributed by atoms with van der Waals surface area (Å²) in [5.41, 5.74) is 1.55. The standard InChI is InChI=1S/C20H20FN3O2S/c1-13(5-6-14-7-9-15(25)10-8-14)24(2)20(26)17-12-27-19(23-17)18-16(21)4-3-11-22-18/h3-4,7-13,25H,5-6H2,1-2H3. The maximum atomic E-state index is 13.9. The minimum absolute atomic E-state index is 0.00281. The Balaban J connectivity index is 1.64. The Morgan fingerprint density at radius 1 is 1.30 bits per heavy atom. The quantitative estimate of drug-likeness (QED) is 0.692. The molecule has 1 atom stereocenters. The molecule has 0 saturated carbocycles. The summed E-state index contributed by atoms with van der Waals surface area (Å²) in [6, 6.07) is 9.90. The maximum absolute atomic E-state index is 13.9. The number of aromatic nitrogens is 2. The van der Waals surface area contributed by atoms with Crippen molar-refractivity contribution in [3.05, 3.63) is 65.0 Å². The zero-order chi connectivity index (χ0) is 19.4. The molecule has 0 radical (unpaired) electrons. The van der Waals surface area contributed by atoms with Gasteiger partial charge in [0.05, 0.1) is 0 Å². The number of thiazole rings is 1. The first-order chi connectivity index (χ1) is 13.0. The first kappa shape index (κ1) is 19.0. The summed E-state index contributed by atoms with van der Waals surface area (Å²) in [6.45, 7) is 1.98. The van der Waals surface area contributed by atoms with Crippen LogP contribution in [-0.4, -0.2) is 39.0 Å². The number of rotatable bonds is 6. The largest absolute Gasteiger partial charge is 0.508 e. The predicted octanol–water partition coefficient (Wildman–Crippen LogP) is 4.14. The maximum Gasteiger partial charge on any atom is 0.273 e. The Bertz CT molecular complexity index is 927. The lowest BCUT2D eigenvalue weighted by molar-refractivity contribution is 0.0732. The predicted molar refractivity (Wildman–Crippen MR) is 103 cm³/mol. The van der Waals surface area contributed by atoms with E-state index < -0.39 is 5.82 Å². The van der Waals surface area contributed by atoms with E-state index in [-0.39, 0.29) is 23.4 Å². The van der Waals surface area contributed by atoms with Crippen molar-refractivity contribution in [2.75, 3.05) is 7.05 Å². The summed E-state index contributed by atoms with van der Waals surface area (Å²) >= 11 is 1.20. The van der Waals surface area contributed by atoms with Gasteiger partial charge >= 0.3 is 0 Å². The smallest absolute Gasteiger partial charge is 0.273 e. The van der Waals surface area contributed by atoms with Crippen LogP contribution in [0.15, 0.2) is 48.0 Å². The van der Waals surface area contributed by atoms with Crippen LogP contribution < -0.4 is 0 Å². The third-order valence-corrected chi connectivity index (χ3v) is 5.30. The van der Waals surface area contributed by atoms with Crippen molar-refractivity contribution >= 4 is 17.2 Å². The number of pyridine rings is 1. The average molecular weight is 385 g/mol. The molecule has 5 nitrogen and oxygen atoms in total. The number of hydrogen-bond acceptors (Lipinski definition) is 5. The number of carbonyl (C=O) groups is 1. The molecule has 0 fully saturated rings. The van der Waals surface area contributed by atoms with Crippen LogP contribution in [0.3, 0.4) is 0 Å². The van der Waals surface area contributed by atoms with Crippen LogP contribution in [0.25, 0.3) is 10.7 Å². The number of phenolic OH excluding ortho intramolecular Hbond substituents is 1. The van der Waals surface area contributed by atoms with Crippen LogP contribution in [0.5, 0.6) is 5.75 Å². The van der Waals surface area contributed by atoms with Gasteiger partial charge in [-0.05, 0) is 49.6 Å². The van der Waals surface area contributed by atoms with E-state index in [1.165, 1.54) is 29.7 Å². The molecule has 3 aromatic rings.